The molecule has 188 valence electrons. The number of carbonyl (C=O) groups excluding carboxylic acids is 1. The molecule has 1 saturated heterocycles. The summed E-state index contributed by atoms with van der Waals surface area (Å²) in [5.41, 5.74) is 11.2. The van der Waals surface area contributed by atoms with E-state index in [1.165, 1.54) is 16.9 Å². The Labute approximate surface area is 225 Å². The molecule has 3 N–H and O–H groups in total. The van der Waals surface area contributed by atoms with Crippen molar-refractivity contribution < 1.29 is 4.79 Å². The topological polar surface area (TPSA) is 95.0 Å². The van der Waals surface area contributed by atoms with Crippen LogP contribution in [0.2, 0.25) is 5.02 Å². The lowest BCUT2D eigenvalue weighted by atomic mass is 9.99. The van der Waals surface area contributed by atoms with Crippen molar-refractivity contribution in [2.75, 3.05) is 24.1 Å². The number of nitrogens with one attached hydrogen (secondary N) is 1. The molecule has 2 aromatic heterocycles. The smallest absolute Gasteiger partial charge is 0.259 e. The van der Waals surface area contributed by atoms with Crippen LogP contribution in [0.15, 0.2) is 48.5 Å². The third-order valence-electron chi connectivity index (χ3n) is 6.79. The third-order valence-corrected chi connectivity index (χ3v) is 8.15. The number of aromatic nitrogens is 1. The molecule has 0 unspecified atom stereocenters. The van der Waals surface area contributed by atoms with Crippen molar-refractivity contribution in [1.29, 1.82) is 5.26 Å². The van der Waals surface area contributed by atoms with E-state index in [4.69, 9.17) is 17.3 Å². The number of hydrogen-bond donors (Lipinski definition) is 2. The molecule has 4 aromatic rings. The maximum atomic E-state index is 13.9. The molecule has 0 spiro atoms. The summed E-state index contributed by atoms with van der Waals surface area (Å²) in [4.78, 5) is 20.4. The van der Waals surface area contributed by atoms with Gasteiger partial charge in [-0.3, -0.25) is 4.79 Å². The first-order valence-corrected chi connectivity index (χ1v) is 13.6. The Morgan fingerprint density at radius 2 is 1.78 bits per heavy atom. The van der Waals surface area contributed by atoms with E-state index in [2.05, 4.69) is 42.4 Å². The minimum atomic E-state index is -0.0640. The molecule has 3 heterocycles. The van der Waals surface area contributed by atoms with E-state index in [0.717, 1.165) is 35.2 Å². The van der Waals surface area contributed by atoms with Gasteiger partial charge in [-0.05, 0) is 60.6 Å². The highest BCUT2D eigenvalue weighted by Gasteiger charge is 2.29. The monoisotopic (exact) mass is 529 g/mol. The molecular weight excluding hydrogens is 502 g/mol. The number of nitrogens with zero attached hydrogens (tertiary/aromatic N) is 3. The van der Waals surface area contributed by atoms with Crippen molar-refractivity contribution in [3.05, 3.63) is 70.2 Å². The van der Waals surface area contributed by atoms with Crippen LogP contribution in [-0.2, 0) is 0 Å². The van der Waals surface area contributed by atoms with Gasteiger partial charge in [0.2, 0.25) is 0 Å². The number of benzene rings is 2. The van der Waals surface area contributed by atoms with Crippen LogP contribution in [0.5, 0.6) is 0 Å². The Balaban J connectivity index is 1.72. The van der Waals surface area contributed by atoms with Crippen molar-refractivity contribution in [2.24, 2.45) is 0 Å². The van der Waals surface area contributed by atoms with Crippen LogP contribution in [0.4, 0.5) is 16.5 Å². The molecule has 0 bridgehead atoms. The van der Waals surface area contributed by atoms with E-state index in [1.807, 2.05) is 29.2 Å². The Kier molecular flexibility index (Phi) is 7.05. The Morgan fingerprint density at radius 1 is 1.11 bits per heavy atom. The lowest BCUT2D eigenvalue weighted by molar-refractivity contribution is 0.0727. The fraction of sp³-hybridized carbons (Fsp3) is 0.276. The first kappa shape index (κ1) is 25.1. The summed E-state index contributed by atoms with van der Waals surface area (Å²) >= 11 is 7.57. The largest absolute Gasteiger partial charge is 0.383 e. The molecule has 1 amide bonds. The molecule has 1 aliphatic rings. The zero-order chi connectivity index (χ0) is 26.1. The average Bonchev–Trinajstić information content (AvgIpc) is 3.25. The third kappa shape index (κ3) is 4.87. The van der Waals surface area contributed by atoms with Gasteiger partial charge in [0.25, 0.3) is 5.91 Å². The highest BCUT2D eigenvalue weighted by atomic mass is 35.5. The molecule has 1 fully saturated rings. The average molecular weight is 530 g/mol. The van der Waals surface area contributed by atoms with Gasteiger partial charge in [0.15, 0.2) is 0 Å². The number of amides is 1. The lowest BCUT2D eigenvalue weighted by Gasteiger charge is -2.27. The summed E-state index contributed by atoms with van der Waals surface area (Å²) in [6.07, 6.45) is 3.09. The number of hydrogen-bond acceptors (Lipinski definition) is 6. The summed E-state index contributed by atoms with van der Waals surface area (Å²) in [7, 11) is 0. The normalized spacial score (nSPS) is 13.6. The van der Waals surface area contributed by atoms with Gasteiger partial charge in [0.1, 0.15) is 28.0 Å². The number of rotatable bonds is 5. The van der Waals surface area contributed by atoms with Gasteiger partial charge in [-0.2, -0.15) is 5.26 Å². The zero-order valence-corrected chi connectivity index (χ0v) is 22.4. The van der Waals surface area contributed by atoms with Crippen LogP contribution in [0, 0.1) is 11.3 Å². The van der Waals surface area contributed by atoms with Gasteiger partial charge in [0, 0.05) is 29.4 Å². The second kappa shape index (κ2) is 10.4. The number of carbonyl (C=O) groups is 1. The van der Waals surface area contributed by atoms with Crippen LogP contribution < -0.4 is 11.1 Å². The van der Waals surface area contributed by atoms with Crippen LogP contribution >= 0.6 is 22.9 Å². The minimum Gasteiger partial charge on any atom is -0.383 e. The number of nitrogen functional groups attached to an aromatic ring is 1. The van der Waals surface area contributed by atoms with Crippen LogP contribution in [-0.4, -0.2) is 28.9 Å². The van der Waals surface area contributed by atoms with Crippen LogP contribution in [0.3, 0.4) is 0 Å². The van der Waals surface area contributed by atoms with Crippen molar-refractivity contribution in [3.8, 4) is 17.2 Å². The van der Waals surface area contributed by atoms with Crippen LogP contribution in [0.25, 0.3) is 21.3 Å². The summed E-state index contributed by atoms with van der Waals surface area (Å²) in [6.45, 7) is 5.75. The Hall–Kier alpha value is -3.60. The summed E-state index contributed by atoms with van der Waals surface area (Å²) < 4.78 is 0.745. The fourth-order valence-electron chi connectivity index (χ4n) is 4.75. The van der Waals surface area contributed by atoms with Gasteiger partial charge in [-0.1, -0.05) is 49.7 Å². The molecule has 5 rings (SSSR count). The molecule has 6 nitrogen and oxygen atoms in total. The lowest BCUT2D eigenvalue weighted by Crippen LogP contribution is -2.35. The molecule has 0 radical (unpaired) electrons. The molecule has 0 aliphatic carbocycles. The predicted molar refractivity (Wildman–Crippen MR) is 153 cm³/mol. The fourth-order valence-corrected chi connectivity index (χ4v) is 6.10. The highest BCUT2D eigenvalue weighted by Crippen LogP contribution is 2.45. The minimum absolute atomic E-state index is 0.0640. The summed E-state index contributed by atoms with van der Waals surface area (Å²) in [5.74, 6) is 0.470. The molecule has 2 aromatic carbocycles. The van der Waals surface area contributed by atoms with Crippen molar-refractivity contribution in [2.45, 2.75) is 39.0 Å². The van der Waals surface area contributed by atoms with Gasteiger partial charge in [-0.25, -0.2) is 4.98 Å². The van der Waals surface area contributed by atoms with Gasteiger partial charge < -0.3 is 16.0 Å². The van der Waals surface area contributed by atoms with Crippen molar-refractivity contribution >= 4 is 55.6 Å². The number of thiophene rings is 1. The number of halogens is 1. The summed E-state index contributed by atoms with van der Waals surface area (Å²) in [6, 6.07) is 17.7. The van der Waals surface area contributed by atoms with E-state index in [-0.39, 0.29) is 11.7 Å². The van der Waals surface area contributed by atoms with E-state index in [0.29, 0.717) is 51.2 Å². The standard InChI is InChI=1S/C29H28ClN5OS/c1-17(2)18-8-12-21(13-9-18)33-28-24(29(36)35-14-4-3-5-15-35)25-26(37-28)23(22(16-31)27(32)34-25)19-6-10-20(30)11-7-19/h6-13,17,33H,3-5,14-15H2,1-2H3,(H2,32,34). The quantitative estimate of drug-likeness (QED) is 0.278. The zero-order valence-electron chi connectivity index (χ0n) is 20.8. The SMILES string of the molecule is CC(C)c1ccc(Nc2sc3c(-c4ccc(Cl)cc4)c(C#N)c(N)nc3c2C(=O)N2CCCCC2)cc1. The maximum absolute atomic E-state index is 13.9. The number of likely N-dealkylation sites (tertiary alicyclic amines) is 1. The second-order valence-corrected chi connectivity index (χ2v) is 11.1. The molecular formula is C29H28ClN5OS. The van der Waals surface area contributed by atoms with E-state index < -0.39 is 0 Å². The predicted octanol–water partition coefficient (Wildman–Crippen LogP) is 7.56. The summed E-state index contributed by atoms with van der Waals surface area (Å²) in [5, 5.41) is 14.8. The number of pyridine rings is 1. The first-order valence-electron chi connectivity index (χ1n) is 12.5. The van der Waals surface area contributed by atoms with Crippen molar-refractivity contribution in [3.63, 3.8) is 0 Å². The molecule has 0 saturated carbocycles. The van der Waals surface area contributed by atoms with Gasteiger partial charge >= 0.3 is 0 Å². The van der Waals surface area contributed by atoms with Gasteiger partial charge in [0.05, 0.1) is 10.2 Å². The Morgan fingerprint density at radius 3 is 2.41 bits per heavy atom. The maximum Gasteiger partial charge on any atom is 0.259 e. The number of nitrogens with two attached hydrogens (primary N) is 1. The van der Waals surface area contributed by atoms with Crippen molar-refractivity contribution in [1.82, 2.24) is 9.88 Å². The Bertz CT molecular complexity index is 1500. The molecule has 1 aliphatic heterocycles. The molecule has 37 heavy (non-hydrogen) atoms. The number of fused-ring (bicyclic) bond motifs is 1. The number of anilines is 3. The number of nitriles is 1. The van der Waals surface area contributed by atoms with E-state index in [1.54, 1.807) is 12.1 Å². The second-order valence-electron chi connectivity index (χ2n) is 9.60. The van der Waals surface area contributed by atoms with E-state index in [9.17, 15) is 10.1 Å². The first-order chi connectivity index (χ1) is 17.9. The van der Waals surface area contributed by atoms with Crippen LogP contribution in [0.1, 0.15) is 60.5 Å². The van der Waals surface area contributed by atoms with Gasteiger partial charge in [-0.15, -0.1) is 11.3 Å². The number of piperidine rings is 1. The highest BCUT2D eigenvalue weighted by molar-refractivity contribution is 7.24. The molecule has 8 heteroatoms. The van der Waals surface area contributed by atoms with E-state index >= 15 is 0 Å². The molecule has 0 atom stereocenters.